The van der Waals surface area contributed by atoms with Crippen LogP contribution in [-0.4, -0.2) is 17.4 Å². The first kappa shape index (κ1) is 18.3. The van der Waals surface area contributed by atoms with Gasteiger partial charge in [-0.1, -0.05) is 48.0 Å². The molecule has 1 heterocycles. The van der Waals surface area contributed by atoms with Crippen LogP contribution in [0.4, 0.5) is 5.69 Å². The molecule has 1 aliphatic heterocycles. The Morgan fingerprint density at radius 2 is 2.00 bits per heavy atom. The number of hydrogen-bond acceptors (Lipinski definition) is 2. The Labute approximate surface area is 150 Å². The highest BCUT2D eigenvalue weighted by Gasteiger charge is 2.29. The van der Waals surface area contributed by atoms with Gasteiger partial charge in [0.2, 0.25) is 5.91 Å². The van der Waals surface area contributed by atoms with E-state index in [2.05, 4.69) is 31.2 Å². The van der Waals surface area contributed by atoms with Gasteiger partial charge >= 0.3 is 0 Å². The summed E-state index contributed by atoms with van der Waals surface area (Å²) in [6.07, 6.45) is 3.37. The third kappa shape index (κ3) is 4.09. The van der Waals surface area contributed by atoms with E-state index in [0.717, 1.165) is 30.6 Å². The Morgan fingerprint density at radius 3 is 2.75 bits per heavy atom. The van der Waals surface area contributed by atoms with Crippen LogP contribution in [0.2, 0.25) is 0 Å². The zero-order valence-electron chi connectivity index (χ0n) is 14.1. The number of nitrogens with zero attached hydrogens (tertiary/aromatic N) is 1. The minimum Gasteiger partial charge on any atom is -0.399 e. The average Bonchev–Trinajstić information content (AvgIpc) is 3.03. The molecule has 1 atom stereocenters. The molecular formula is C20H25ClN2O. The van der Waals surface area contributed by atoms with Crippen LogP contribution in [0.5, 0.6) is 0 Å². The molecule has 4 heteroatoms. The summed E-state index contributed by atoms with van der Waals surface area (Å²) < 4.78 is 0. The molecule has 2 N–H and O–H groups in total. The van der Waals surface area contributed by atoms with Crippen molar-refractivity contribution >= 4 is 24.0 Å². The van der Waals surface area contributed by atoms with Crippen molar-refractivity contribution in [3.8, 4) is 0 Å². The molecule has 0 spiro atoms. The number of para-hydroxylation sites is 1. The van der Waals surface area contributed by atoms with Crippen molar-refractivity contribution in [3.63, 3.8) is 0 Å². The number of aryl methyl sites for hydroxylation is 2. The van der Waals surface area contributed by atoms with Crippen molar-refractivity contribution in [1.82, 2.24) is 4.90 Å². The maximum absolute atomic E-state index is 12.7. The number of carbonyl (C=O) groups excluding carboxylic acids is 1. The van der Waals surface area contributed by atoms with Crippen LogP contribution in [-0.2, 0) is 11.2 Å². The summed E-state index contributed by atoms with van der Waals surface area (Å²) in [5.74, 6) is 0.234. The molecule has 3 rings (SSSR count). The van der Waals surface area contributed by atoms with E-state index in [4.69, 9.17) is 5.73 Å². The van der Waals surface area contributed by atoms with E-state index in [-0.39, 0.29) is 24.4 Å². The van der Waals surface area contributed by atoms with Crippen LogP contribution in [0.15, 0.2) is 48.5 Å². The molecule has 0 aliphatic carbocycles. The van der Waals surface area contributed by atoms with Crippen LogP contribution in [0.25, 0.3) is 0 Å². The van der Waals surface area contributed by atoms with E-state index in [1.165, 1.54) is 11.1 Å². The fraction of sp³-hybridized carbons (Fsp3) is 0.350. The molecule has 24 heavy (non-hydrogen) atoms. The second kappa shape index (κ2) is 8.20. The second-order valence-electron chi connectivity index (χ2n) is 6.36. The van der Waals surface area contributed by atoms with Crippen molar-refractivity contribution in [2.45, 2.75) is 38.6 Å². The smallest absolute Gasteiger partial charge is 0.223 e. The molecule has 128 valence electrons. The third-order valence-electron chi connectivity index (χ3n) is 4.66. The minimum absolute atomic E-state index is 0. The number of halogens is 1. The number of carbonyl (C=O) groups is 1. The molecule has 1 fully saturated rings. The molecule has 0 saturated carbocycles. The van der Waals surface area contributed by atoms with Gasteiger partial charge in [-0.25, -0.2) is 0 Å². The summed E-state index contributed by atoms with van der Waals surface area (Å²) in [7, 11) is 0. The number of amides is 1. The molecule has 1 saturated heterocycles. The standard InChI is InChI=1S/C20H24N2O.ClH/c1-15-6-4-8-17(14-15)19-10-5-13-22(19)20(23)12-11-16-7-2-3-9-18(16)21;/h2-4,6-9,14,19H,5,10-13,21H2,1H3;1H. The number of rotatable bonds is 4. The van der Waals surface area contributed by atoms with Gasteiger partial charge in [0, 0.05) is 18.7 Å². The van der Waals surface area contributed by atoms with E-state index >= 15 is 0 Å². The van der Waals surface area contributed by atoms with Gasteiger partial charge in [0.1, 0.15) is 0 Å². The maximum Gasteiger partial charge on any atom is 0.223 e. The summed E-state index contributed by atoms with van der Waals surface area (Å²) in [5.41, 5.74) is 10.3. The Kier molecular flexibility index (Phi) is 6.27. The predicted molar refractivity (Wildman–Crippen MR) is 101 cm³/mol. The van der Waals surface area contributed by atoms with Crippen LogP contribution in [0.1, 0.15) is 42.0 Å². The fourth-order valence-corrected chi connectivity index (χ4v) is 3.44. The van der Waals surface area contributed by atoms with Crippen molar-refractivity contribution in [1.29, 1.82) is 0 Å². The lowest BCUT2D eigenvalue weighted by molar-refractivity contribution is -0.132. The van der Waals surface area contributed by atoms with Gasteiger partial charge in [0.15, 0.2) is 0 Å². The summed E-state index contributed by atoms with van der Waals surface area (Å²) in [6.45, 7) is 2.96. The molecule has 0 bridgehead atoms. The highest BCUT2D eigenvalue weighted by atomic mass is 35.5. The Morgan fingerprint density at radius 1 is 1.21 bits per heavy atom. The SMILES string of the molecule is Cc1cccc(C2CCCN2C(=O)CCc2ccccc2N)c1.Cl. The lowest BCUT2D eigenvalue weighted by Crippen LogP contribution is -2.30. The summed E-state index contributed by atoms with van der Waals surface area (Å²) >= 11 is 0. The lowest BCUT2D eigenvalue weighted by atomic mass is 10.0. The molecule has 1 aliphatic rings. The topological polar surface area (TPSA) is 46.3 Å². The molecule has 1 amide bonds. The van der Waals surface area contributed by atoms with E-state index in [0.29, 0.717) is 12.8 Å². The normalized spacial score (nSPS) is 16.7. The van der Waals surface area contributed by atoms with E-state index < -0.39 is 0 Å². The Hall–Kier alpha value is -2.00. The third-order valence-corrected chi connectivity index (χ3v) is 4.66. The molecule has 0 aromatic heterocycles. The lowest BCUT2D eigenvalue weighted by Gasteiger charge is -2.25. The van der Waals surface area contributed by atoms with E-state index in [1.807, 2.05) is 29.2 Å². The number of benzene rings is 2. The Balaban J connectivity index is 0.00000208. The molecular weight excluding hydrogens is 320 g/mol. The van der Waals surface area contributed by atoms with Crippen LogP contribution < -0.4 is 5.73 Å². The highest BCUT2D eigenvalue weighted by molar-refractivity contribution is 5.85. The first-order valence-corrected chi connectivity index (χ1v) is 8.34. The second-order valence-corrected chi connectivity index (χ2v) is 6.36. The number of likely N-dealkylation sites (tertiary alicyclic amines) is 1. The van der Waals surface area contributed by atoms with Crippen molar-refractivity contribution < 1.29 is 4.79 Å². The van der Waals surface area contributed by atoms with E-state index in [1.54, 1.807) is 0 Å². The fourth-order valence-electron chi connectivity index (χ4n) is 3.44. The van der Waals surface area contributed by atoms with Gasteiger partial charge in [-0.15, -0.1) is 12.4 Å². The average molecular weight is 345 g/mol. The van der Waals surface area contributed by atoms with Crippen molar-refractivity contribution in [3.05, 3.63) is 65.2 Å². The van der Waals surface area contributed by atoms with Gasteiger partial charge in [-0.3, -0.25) is 4.79 Å². The van der Waals surface area contributed by atoms with Crippen LogP contribution in [0.3, 0.4) is 0 Å². The van der Waals surface area contributed by atoms with Gasteiger partial charge in [0.25, 0.3) is 0 Å². The zero-order valence-corrected chi connectivity index (χ0v) is 14.9. The molecule has 2 aromatic carbocycles. The van der Waals surface area contributed by atoms with Crippen LogP contribution >= 0.6 is 12.4 Å². The summed E-state index contributed by atoms with van der Waals surface area (Å²) in [6, 6.07) is 16.5. The summed E-state index contributed by atoms with van der Waals surface area (Å²) in [5, 5.41) is 0. The van der Waals surface area contributed by atoms with Gasteiger partial charge in [-0.2, -0.15) is 0 Å². The van der Waals surface area contributed by atoms with Crippen molar-refractivity contribution in [2.24, 2.45) is 0 Å². The zero-order chi connectivity index (χ0) is 16.2. The highest BCUT2D eigenvalue weighted by Crippen LogP contribution is 2.33. The largest absolute Gasteiger partial charge is 0.399 e. The van der Waals surface area contributed by atoms with Gasteiger partial charge in [-0.05, 0) is 43.4 Å². The first-order valence-electron chi connectivity index (χ1n) is 8.34. The number of hydrogen-bond donors (Lipinski definition) is 1. The quantitative estimate of drug-likeness (QED) is 0.841. The number of nitrogens with two attached hydrogens (primary N) is 1. The molecule has 1 unspecified atom stereocenters. The van der Waals surface area contributed by atoms with Gasteiger partial charge in [0.05, 0.1) is 6.04 Å². The Bertz CT molecular complexity index is 702. The molecule has 0 radical (unpaired) electrons. The maximum atomic E-state index is 12.7. The number of nitrogen functional groups attached to an aromatic ring is 1. The molecule has 2 aromatic rings. The first-order chi connectivity index (χ1) is 11.1. The summed E-state index contributed by atoms with van der Waals surface area (Å²) in [4.78, 5) is 14.7. The van der Waals surface area contributed by atoms with Crippen LogP contribution in [0, 0.1) is 6.92 Å². The van der Waals surface area contributed by atoms with E-state index in [9.17, 15) is 4.79 Å². The predicted octanol–water partition coefficient (Wildman–Crippen LogP) is 4.30. The minimum atomic E-state index is 0. The van der Waals surface area contributed by atoms with Gasteiger partial charge < -0.3 is 10.6 Å². The molecule has 3 nitrogen and oxygen atoms in total. The van der Waals surface area contributed by atoms with Crippen molar-refractivity contribution in [2.75, 3.05) is 12.3 Å². The monoisotopic (exact) mass is 344 g/mol. The number of anilines is 1.